The molecule has 1 aromatic carbocycles. The van der Waals surface area contributed by atoms with Crippen molar-refractivity contribution in [3.63, 3.8) is 0 Å². The molecule has 0 spiro atoms. The highest BCUT2D eigenvalue weighted by Crippen LogP contribution is 2.26. The monoisotopic (exact) mass is 281 g/mol. The van der Waals surface area contributed by atoms with Crippen LogP contribution >= 0.6 is 11.3 Å². The summed E-state index contributed by atoms with van der Waals surface area (Å²) in [6.45, 7) is 2.28. The molecule has 7 heteroatoms. The molecule has 0 saturated heterocycles. The van der Waals surface area contributed by atoms with E-state index < -0.39 is 11.8 Å². The molecule has 4 N–H and O–H groups in total. The first-order chi connectivity index (χ1) is 9.00. The van der Waals surface area contributed by atoms with Crippen LogP contribution in [0.4, 0.5) is 15.8 Å². The van der Waals surface area contributed by atoms with Crippen LogP contribution in [0, 0.1) is 12.7 Å². The summed E-state index contributed by atoms with van der Waals surface area (Å²) in [5.41, 5.74) is 7.73. The molecule has 5 nitrogen and oxygen atoms in total. The number of benzene rings is 1. The lowest BCUT2D eigenvalue weighted by Crippen LogP contribution is -2.10. The third-order valence-electron chi connectivity index (χ3n) is 2.69. The summed E-state index contributed by atoms with van der Waals surface area (Å²) >= 11 is 1.46. The van der Waals surface area contributed by atoms with Gasteiger partial charge in [-0.2, -0.15) is 0 Å². The predicted octanol–water partition coefficient (Wildman–Crippen LogP) is 2.48. The minimum atomic E-state index is -1.26. The van der Waals surface area contributed by atoms with Gasteiger partial charge in [0.05, 0.1) is 29.1 Å². The van der Waals surface area contributed by atoms with Gasteiger partial charge < -0.3 is 16.2 Å². The topological polar surface area (TPSA) is 88.2 Å². The molecular weight excluding hydrogens is 269 g/mol. The predicted molar refractivity (Wildman–Crippen MR) is 71.9 cm³/mol. The van der Waals surface area contributed by atoms with E-state index in [-0.39, 0.29) is 11.3 Å². The molecule has 0 unspecified atom stereocenters. The molecule has 0 aliphatic heterocycles. The number of aryl methyl sites for hydroxylation is 1. The van der Waals surface area contributed by atoms with Crippen LogP contribution in [0.5, 0.6) is 0 Å². The zero-order chi connectivity index (χ0) is 14.0. The minimum Gasteiger partial charge on any atom is -0.478 e. The zero-order valence-corrected chi connectivity index (χ0v) is 10.9. The number of aromatic carboxylic acids is 1. The number of nitrogen functional groups attached to an aromatic ring is 1. The Bertz CT molecular complexity index is 627. The van der Waals surface area contributed by atoms with Crippen molar-refractivity contribution in [3.05, 3.63) is 39.6 Å². The van der Waals surface area contributed by atoms with Crippen molar-refractivity contribution in [1.29, 1.82) is 0 Å². The normalized spacial score (nSPS) is 10.4. The summed E-state index contributed by atoms with van der Waals surface area (Å²) in [4.78, 5) is 16.2. The van der Waals surface area contributed by atoms with Gasteiger partial charge >= 0.3 is 5.97 Å². The summed E-state index contributed by atoms with van der Waals surface area (Å²) < 4.78 is 13.3. The Hall–Kier alpha value is -2.15. The first kappa shape index (κ1) is 13.3. The van der Waals surface area contributed by atoms with E-state index in [4.69, 9.17) is 10.8 Å². The molecule has 2 aromatic rings. The summed E-state index contributed by atoms with van der Waals surface area (Å²) in [6, 6.07) is 2.51. The van der Waals surface area contributed by atoms with Crippen LogP contribution in [-0.4, -0.2) is 16.1 Å². The second-order valence-corrected chi connectivity index (χ2v) is 4.84. The van der Waals surface area contributed by atoms with Crippen molar-refractivity contribution in [2.24, 2.45) is 0 Å². The van der Waals surface area contributed by atoms with Crippen LogP contribution in [-0.2, 0) is 6.54 Å². The molecule has 0 fully saturated rings. The second kappa shape index (κ2) is 5.23. The Kier molecular flexibility index (Phi) is 3.66. The fourth-order valence-corrected chi connectivity index (χ4v) is 2.36. The quantitative estimate of drug-likeness (QED) is 0.749. The van der Waals surface area contributed by atoms with E-state index in [0.717, 1.165) is 16.6 Å². The van der Waals surface area contributed by atoms with Crippen LogP contribution in [0.2, 0.25) is 0 Å². The molecule has 100 valence electrons. The number of halogens is 1. The largest absolute Gasteiger partial charge is 0.478 e. The molecule has 2 rings (SSSR count). The van der Waals surface area contributed by atoms with Crippen molar-refractivity contribution < 1.29 is 14.3 Å². The van der Waals surface area contributed by atoms with E-state index in [1.54, 1.807) is 5.51 Å². The maximum absolute atomic E-state index is 13.3. The van der Waals surface area contributed by atoms with Gasteiger partial charge in [0.15, 0.2) is 0 Å². The van der Waals surface area contributed by atoms with Crippen molar-refractivity contribution in [2.75, 3.05) is 11.1 Å². The number of carbonyl (C=O) groups is 1. The number of aromatic nitrogens is 1. The van der Waals surface area contributed by atoms with Gasteiger partial charge in [0.25, 0.3) is 0 Å². The fourth-order valence-electron chi connectivity index (χ4n) is 1.64. The molecule has 0 aliphatic rings. The van der Waals surface area contributed by atoms with Crippen LogP contribution < -0.4 is 11.1 Å². The average Bonchev–Trinajstić information content (AvgIpc) is 2.76. The Morgan fingerprint density at radius 1 is 1.58 bits per heavy atom. The highest BCUT2D eigenvalue weighted by Gasteiger charge is 2.17. The second-order valence-electron chi connectivity index (χ2n) is 3.90. The number of nitrogens with two attached hydrogens (primary N) is 1. The van der Waals surface area contributed by atoms with Gasteiger partial charge in [-0.15, -0.1) is 11.3 Å². The summed E-state index contributed by atoms with van der Waals surface area (Å²) in [5.74, 6) is -2.00. The number of carboxylic acids is 1. The lowest BCUT2D eigenvalue weighted by Gasteiger charge is -2.11. The highest BCUT2D eigenvalue weighted by atomic mass is 32.1. The first-order valence-corrected chi connectivity index (χ1v) is 6.32. The average molecular weight is 281 g/mol. The standard InChI is InChI=1S/C12H12FN3O2S/c1-6-9(19-5-16-6)4-15-8-3-2-7(13)11(14)10(8)12(17)18/h2-3,5,15H,4,14H2,1H3,(H,17,18). The van der Waals surface area contributed by atoms with Crippen molar-refractivity contribution in [3.8, 4) is 0 Å². The van der Waals surface area contributed by atoms with E-state index in [9.17, 15) is 9.18 Å². The minimum absolute atomic E-state index is 0.248. The fraction of sp³-hybridized carbons (Fsp3) is 0.167. The van der Waals surface area contributed by atoms with E-state index in [1.165, 1.54) is 17.4 Å². The van der Waals surface area contributed by atoms with E-state index >= 15 is 0 Å². The molecule has 0 saturated carbocycles. The van der Waals surface area contributed by atoms with Crippen LogP contribution in [0.15, 0.2) is 17.6 Å². The van der Waals surface area contributed by atoms with E-state index in [0.29, 0.717) is 12.2 Å². The Labute approximate surface area is 112 Å². The lowest BCUT2D eigenvalue weighted by atomic mass is 10.1. The van der Waals surface area contributed by atoms with Crippen LogP contribution in [0.25, 0.3) is 0 Å². The Morgan fingerprint density at radius 2 is 2.32 bits per heavy atom. The van der Waals surface area contributed by atoms with Gasteiger partial charge in [-0.25, -0.2) is 14.2 Å². The molecule has 1 heterocycles. The van der Waals surface area contributed by atoms with Crippen LogP contribution in [0.3, 0.4) is 0 Å². The highest BCUT2D eigenvalue weighted by molar-refractivity contribution is 7.09. The molecule has 19 heavy (non-hydrogen) atoms. The number of rotatable bonds is 4. The number of hydrogen-bond acceptors (Lipinski definition) is 5. The number of thiazole rings is 1. The number of anilines is 2. The van der Waals surface area contributed by atoms with Gasteiger partial charge in [-0.05, 0) is 19.1 Å². The van der Waals surface area contributed by atoms with Gasteiger partial charge in [-0.1, -0.05) is 0 Å². The van der Waals surface area contributed by atoms with Crippen molar-refractivity contribution >= 4 is 28.7 Å². The van der Waals surface area contributed by atoms with Gasteiger partial charge in [0, 0.05) is 4.88 Å². The first-order valence-electron chi connectivity index (χ1n) is 5.44. The third-order valence-corrected chi connectivity index (χ3v) is 3.63. The SMILES string of the molecule is Cc1ncsc1CNc1ccc(F)c(N)c1C(=O)O. The number of carboxylic acid groups (broad SMARTS) is 1. The number of nitrogens with zero attached hydrogens (tertiary/aromatic N) is 1. The molecule has 0 bridgehead atoms. The molecule has 1 aromatic heterocycles. The summed E-state index contributed by atoms with van der Waals surface area (Å²) in [7, 11) is 0. The number of nitrogens with one attached hydrogen (secondary N) is 1. The summed E-state index contributed by atoms with van der Waals surface area (Å²) in [5, 5.41) is 12.0. The maximum Gasteiger partial charge on any atom is 0.340 e. The Morgan fingerprint density at radius 3 is 2.89 bits per heavy atom. The zero-order valence-electron chi connectivity index (χ0n) is 10.1. The molecular formula is C12H12FN3O2S. The molecule has 0 amide bonds. The Balaban J connectivity index is 2.28. The third kappa shape index (κ3) is 2.65. The molecule has 0 radical (unpaired) electrons. The lowest BCUT2D eigenvalue weighted by molar-refractivity contribution is 0.0698. The number of hydrogen-bond donors (Lipinski definition) is 3. The smallest absolute Gasteiger partial charge is 0.340 e. The molecule has 0 atom stereocenters. The van der Waals surface area contributed by atoms with E-state index in [1.807, 2.05) is 6.92 Å². The van der Waals surface area contributed by atoms with Gasteiger partial charge in [-0.3, -0.25) is 0 Å². The maximum atomic E-state index is 13.3. The van der Waals surface area contributed by atoms with Gasteiger partial charge in [0.2, 0.25) is 0 Å². The van der Waals surface area contributed by atoms with Gasteiger partial charge in [0.1, 0.15) is 11.4 Å². The van der Waals surface area contributed by atoms with Crippen molar-refractivity contribution in [1.82, 2.24) is 4.98 Å². The van der Waals surface area contributed by atoms with Crippen LogP contribution in [0.1, 0.15) is 20.9 Å². The van der Waals surface area contributed by atoms with Crippen molar-refractivity contribution in [2.45, 2.75) is 13.5 Å². The molecule has 0 aliphatic carbocycles. The summed E-state index contributed by atoms with van der Waals surface area (Å²) in [6.07, 6.45) is 0. The van der Waals surface area contributed by atoms with E-state index in [2.05, 4.69) is 10.3 Å².